The first-order valence-electron chi connectivity index (χ1n) is 7.63. The van der Waals surface area contributed by atoms with E-state index in [0.717, 1.165) is 6.20 Å². The minimum Gasteiger partial charge on any atom is -0.362 e. The van der Waals surface area contributed by atoms with Crippen LogP contribution in [0.15, 0.2) is 47.5 Å². The average molecular weight is 377 g/mol. The molecule has 0 saturated carbocycles. The molecule has 134 valence electrons. The van der Waals surface area contributed by atoms with Crippen LogP contribution in [0.3, 0.4) is 0 Å². The second-order valence-electron chi connectivity index (χ2n) is 5.77. The summed E-state index contributed by atoms with van der Waals surface area (Å²) in [6.07, 6.45) is 2.50. The summed E-state index contributed by atoms with van der Waals surface area (Å²) in [6.45, 7) is 0. The Kier molecular flexibility index (Phi) is 4.90. The lowest BCUT2D eigenvalue weighted by Gasteiger charge is -2.19. The first-order chi connectivity index (χ1) is 12.4. The number of hydrogen-bond donors (Lipinski definition) is 2. The van der Waals surface area contributed by atoms with E-state index in [0.29, 0.717) is 16.5 Å². The lowest BCUT2D eigenvalue weighted by molar-refractivity contribution is 0.625. The molecule has 0 bridgehead atoms. The van der Waals surface area contributed by atoms with Crippen LogP contribution in [0.1, 0.15) is 0 Å². The molecule has 0 amide bonds. The Bertz CT molecular complexity index is 1020. The molecule has 1 aromatic carbocycles. The molecule has 26 heavy (non-hydrogen) atoms. The zero-order chi connectivity index (χ0) is 18.8. The quantitative estimate of drug-likeness (QED) is 0.717. The van der Waals surface area contributed by atoms with Crippen molar-refractivity contribution in [2.75, 3.05) is 24.3 Å². The van der Waals surface area contributed by atoms with Crippen LogP contribution in [0.2, 0.25) is 5.02 Å². The van der Waals surface area contributed by atoms with E-state index in [-0.39, 0.29) is 16.8 Å². The lowest BCUT2D eigenvalue weighted by Crippen LogP contribution is -2.20. The third kappa shape index (κ3) is 3.52. The number of hydrogen-bond acceptors (Lipinski definition) is 4. The SMILES string of the molecule is CN(C)c1[nH]c(=O)c(-c2cc(Cl)ccc2F)cc1Nc1ccncc1F. The third-order valence-electron chi connectivity index (χ3n) is 3.73. The van der Waals surface area contributed by atoms with E-state index in [1.165, 1.54) is 36.5 Å². The minimum absolute atomic E-state index is 0.0577. The van der Waals surface area contributed by atoms with Gasteiger partial charge in [0.15, 0.2) is 5.82 Å². The van der Waals surface area contributed by atoms with Gasteiger partial charge in [-0.25, -0.2) is 8.78 Å². The fourth-order valence-corrected chi connectivity index (χ4v) is 2.67. The topological polar surface area (TPSA) is 61.0 Å². The fourth-order valence-electron chi connectivity index (χ4n) is 2.49. The number of aromatic nitrogens is 2. The molecule has 3 rings (SSSR count). The van der Waals surface area contributed by atoms with Gasteiger partial charge in [0, 0.05) is 30.9 Å². The summed E-state index contributed by atoms with van der Waals surface area (Å²) in [4.78, 5) is 20.5. The number of nitrogens with zero attached hydrogens (tertiary/aromatic N) is 2. The van der Waals surface area contributed by atoms with Gasteiger partial charge >= 0.3 is 0 Å². The van der Waals surface area contributed by atoms with E-state index in [1.54, 1.807) is 19.0 Å². The fraction of sp³-hybridized carbons (Fsp3) is 0.111. The van der Waals surface area contributed by atoms with Gasteiger partial charge in [0.05, 0.1) is 23.1 Å². The zero-order valence-electron chi connectivity index (χ0n) is 14.0. The molecular formula is C18H15ClF2N4O. The van der Waals surface area contributed by atoms with Crippen molar-refractivity contribution in [1.82, 2.24) is 9.97 Å². The first kappa shape index (κ1) is 17.9. The summed E-state index contributed by atoms with van der Waals surface area (Å²) in [5.74, 6) is -0.727. The highest BCUT2D eigenvalue weighted by molar-refractivity contribution is 6.30. The van der Waals surface area contributed by atoms with Crippen LogP contribution in [-0.4, -0.2) is 24.1 Å². The van der Waals surface area contributed by atoms with Crippen molar-refractivity contribution in [3.05, 3.63) is 69.7 Å². The normalized spacial score (nSPS) is 10.7. The number of halogens is 3. The van der Waals surface area contributed by atoms with E-state index in [1.807, 2.05) is 0 Å². The van der Waals surface area contributed by atoms with Gasteiger partial charge in [0.1, 0.15) is 11.6 Å². The van der Waals surface area contributed by atoms with E-state index in [2.05, 4.69) is 15.3 Å². The summed E-state index contributed by atoms with van der Waals surface area (Å²) in [5, 5.41) is 3.21. The second-order valence-corrected chi connectivity index (χ2v) is 6.21. The zero-order valence-corrected chi connectivity index (χ0v) is 14.7. The summed E-state index contributed by atoms with van der Waals surface area (Å²) >= 11 is 5.93. The van der Waals surface area contributed by atoms with Gasteiger partial charge in [-0.3, -0.25) is 9.78 Å². The Hall–Kier alpha value is -2.93. The Labute approximate surface area is 153 Å². The Morgan fingerprint density at radius 1 is 1.08 bits per heavy atom. The summed E-state index contributed by atoms with van der Waals surface area (Å²) < 4.78 is 28.1. The van der Waals surface area contributed by atoms with Gasteiger partial charge < -0.3 is 15.2 Å². The van der Waals surface area contributed by atoms with Crippen LogP contribution in [0.4, 0.5) is 26.0 Å². The number of aromatic amines is 1. The Morgan fingerprint density at radius 2 is 1.85 bits per heavy atom. The third-order valence-corrected chi connectivity index (χ3v) is 3.96. The Morgan fingerprint density at radius 3 is 2.54 bits per heavy atom. The highest BCUT2D eigenvalue weighted by Gasteiger charge is 2.16. The maximum atomic E-state index is 14.2. The van der Waals surface area contributed by atoms with Gasteiger partial charge in [-0.2, -0.15) is 0 Å². The van der Waals surface area contributed by atoms with Gasteiger partial charge in [0.2, 0.25) is 0 Å². The van der Waals surface area contributed by atoms with Crippen LogP contribution in [0.5, 0.6) is 0 Å². The van der Waals surface area contributed by atoms with Crippen molar-refractivity contribution in [2.24, 2.45) is 0 Å². The van der Waals surface area contributed by atoms with E-state index in [4.69, 9.17) is 11.6 Å². The van der Waals surface area contributed by atoms with Crippen molar-refractivity contribution >= 4 is 28.8 Å². The smallest absolute Gasteiger partial charge is 0.257 e. The average Bonchev–Trinajstić information content (AvgIpc) is 2.60. The highest BCUT2D eigenvalue weighted by atomic mass is 35.5. The van der Waals surface area contributed by atoms with Crippen LogP contribution in [0.25, 0.3) is 11.1 Å². The molecule has 3 aromatic rings. The van der Waals surface area contributed by atoms with Crippen molar-refractivity contribution in [2.45, 2.75) is 0 Å². The molecule has 0 radical (unpaired) electrons. The summed E-state index contributed by atoms with van der Waals surface area (Å²) in [6, 6.07) is 6.87. The van der Waals surface area contributed by atoms with Gasteiger partial charge in [0.25, 0.3) is 5.56 Å². The largest absolute Gasteiger partial charge is 0.362 e. The monoisotopic (exact) mass is 376 g/mol. The molecule has 0 spiro atoms. The maximum absolute atomic E-state index is 14.2. The van der Waals surface area contributed by atoms with E-state index >= 15 is 0 Å². The first-order valence-corrected chi connectivity index (χ1v) is 8.01. The van der Waals surface area contributed by atoms with Gasteiger partial charge in [-0.05, 0) is 30.3 Å². The molecule has 2 heterocycles. The molecule has 0 aliphatic carbocycles. The molecular weight excluding hydrogens is 362 g/mol. The number of rotatable bonds is 4. The number of pyridine rings is 2. The minimum atomic E-state index is -0.585. The molecule has 8 heteroatoms. The highest BCUT2D eigenvalue weighted by Crippen LogP contribution is 2.31. The second kappa shape index (κ2) is 7.13. The molecule has 5 nitrogen and oxygen atoms in total. The summed E-state index contributed by atoms with van der Waals surface area (Å²) in [5.41, 5.74) is 0.215. The number of nitrogens with one attached hydrogen (secondary N) is 2. The molecule has 0 atom stereocenters. The Balaban J connectivity index is 2.18. The number of H-pyrrole nitrogens is 1. The van der Waals surface area contributed by atoms with Crippen molar-refractivity contribution in [3.63, 3.8) is 0 Å². The lowest BCUT2D eigenvalue weighted by atomic mass is 10.1. The molecule has 2 N–H and O–H groups in total. The molecule has 0 fully saturated rings. The van der Waals surface area contributed by atoms with Gasteiger partial charge in [-0.1, -0.05) is 11.6 Å². The maximum Gasteiger partial charge on any atom is 0.257 e. The molecule has 2 aromatic heterocycles. The van der Waals surface area contributed by atoms with Crippen LogP contribution in [-0.2, 0) is 0 Å². The van der Waals surface area contributed by atoms with Crippen molar-refractivity contribution in [1.29, 1.82) is 0 Å². The molecule has 0 aliphatic rings. The molecule has 0 aliphatic heterocycles. The van der Waals surface area contributed by atoms with Crippen LogP contribution < -0.4 is 15.8 Å². The number of anilines is 3. The standard InChI is InChI=1S/C18H15ClF2N4O/c1-25(2)17-16(23-15-5-6-22-9-14(15)21)8-12(18(26)24-17)11-7-10(19)3-4-13(11)20/h3-9H,1-2H3,(H,22,23)(H,24,26). The predicted octanol–water partition coefficient (Wildman–Crippen LogP) is 4.18. The van der Waals surface area contributed by atoms with Crippen molar-refractivity contribution in [3.8, 4) is 11.1 Å². The van der Waals surface area contributed by atoms with Crippen molar-refractivity contribution < 1.29 is 8.78 Å². The van der Waals surface area contributed by atoms with E-state index in [9.17, 15) is 13.6 Å². The van der Waals surface area contributed by atoms with Gasteiger partial charge in [-0.15, -0.1) is 0 Å². The predicted molar refractivity (Wildman–Crippen MR) is 99.3 cm³/mol. The number of benzene rings is 1. The molecule has 0 unspecified atom stereocenters. The van der Waals surface area contributed by atoms with Crippen LogP contribution in [0, 0.1) is 11.6 Å². The van der Waals surface area contributed by atoms with E-state index < -0.39 is 17.2 Å². The molecule has 0 saturated heterocycles. The van der Waals surface area contributed by atoms with Crippen LogP contribution >= 0.6 is 11.6 Å². The summed E-state index contributed by atoms with van der Waals surface area (Å²) in [7, 11) is 3.44.